The fourth-order valence-corrected chi connectivity index (χ4v) is 0.962. The summed E-state index contributed by atoms with van der Waals surface area (Å²) in [5, 5.41) is 0. The zero-order valence-corrected chi connectivity index (χ0v) is 7.58. The molecule has 1 aromatic rings. The number of pyridine rings is 1. The average molecular weight is 216 g/mol. The van der Waals surface area contributed by atoms with Crippen molar-refractivity contribution in [1.29, 1.82) is 0 Å². The van der Waals surface area contributed by atoms with Crippen molar-refractivity contribution in [3.8, 4) is 0 Å². The highest BCUT2D eigenvalue weighted by molar-refractivity contribution is 9.10. The number of nitrogens with zero attached hydrogens (tertiary/aromatic N) is 1. The summed E-state index contributed by atoms with van der Waals surface area (Å²) in [7, 11) is 0. The van der Waals surface area contributed by atoms with Crippen LogP contribution in [0.5, 0.6) is 0 Å². The first-order valence-electron chi connectivity index (χ1n) is 3.31. The van der Waals surface area contributed by atoms with Gasteiger partial charge in [-0.25, -0.2) is 0 Å². The molecule has 0 aromatic carbocycles. The maximum atomic E-state index is 5.64. The van der Waals surface area contributed by atoms with Gasteiger partial charge in [-0.2, -0.15) is 0 Å². The Labute approximate surface area is 73.9 Å². The van der Waals surface area contributed by atoms with Crippen molar-refractivity contribution in [3.63, 3.8) is 0 Å². The SMILES string of the molecule is NCC(N)c1ccc(Br)cn1. The van der Waals surface area contributed by atoms with Gasteiger partial charge in [-0.15, -0.1) is 0 Å². The van der Waals surface area contributed by atoms with E-state index in [0.717, 1.165) is 10.2 Å². The van der Waals surface area contributed by atoms with E-state index in [2.05, 4.69) is 20.9 Å². The van der Waals surface area contributed by atoms with Crippen molar-refractivity contribution in [3.05, 3.63) is 28.5 Å². The Bertz CT molecular complexity index is 222. The van der Waals surface area contributed by atoms with Crippen LogP contribution in [0.25, 0.3) is 0 Å². The molecule has 4 N–H and O–H groups in total. The molecule has 1 atom stereocenters. The third kappa shape index (κ3) is 2.25. The lowest BCUT2D eigenvalue weighted by Gasteiger charge is -2.06. The Hall–Kier alpha value is -0.450. The molecule has 0 bridgehead atoms. The highest BCUT2D eigenvalue weighted by atomic mass is 79.9. The molecular weight excluding hydrogens is 206 g/mol. The summed E-state index contributed by atoms with van der Waals surface area (Å²) in [6.07, 6.45) is 1.71. The minimum atomic E-state index is -0.150. The molecule has 3 nitrogen and oxygen atoms in total. The van der Waals surface area contributed by atoms with Crippen LogP contribution < -0.4 is 11.5 Å². The second-order valence-electron chi connectivity index (χ2n) is 2.24. The molecule has 0 radical (unpaired) electrons. The van der Waals surface area contributed by atoms with Crippen LogP contribution >= 0.6 is 15.9 Å². The van der Waals surface area contributed by atoms with Crippen molar-refractivity contribution in [2.45, 2.75) is 6.04 Å². The van der Waals surface area contributed by atoms with Crippen molar-refractivity contribution >= 4 is 15.9 Å². The number of aromatic nitrogens is 1. The monoisotopic (exact) mass is 215 g/mol. The molecule has 0 aliphatic carbocycles. The van der Waals surface area contributed by atoms with Gasteiger partial charge in [0.1, 0.15) is 0 Å². The summed E-state index contributed by atoms with van der Waals surface area (Å²) in [6, 6.07) is 3.61. The smallest absolute Gasteiger partial charge is 0.0594 e. The summed E-state index contributed by atoms with van der Waals surface area (Å²) in [6.45, 7) is 0.425. The molecule has 60 valence electrons. The van der Waals surface area contributed by atoms with E-state index < -0.39 is 0 Å². The molecule has 4 heteroatoms. The van der Waals surface area contributed by atoms with Gasteiger partial charge in [-0.3, -0.25) is 4.98 Å². The van der Waals surface area contributed by atoms with E-state index in [1.807, 2.05) is 12.1 Å². The predicted molar refractivity (Wildman–Crippen MR) is 47.9 cm³/mol. The number of nitrogens with two attached hydrogens (primary N) is 2. The molecule has 0 aliphatic heterocycles. The zero-order chi connectivity index (χ0) is 8.27. The van der Waals surface area contributed by atoms with Crippen LogP contribution in [-0.4, -0.2) is 11.5 Å². The molecule has 0 amide bonds. The number of rotatable bonds is 2. The van der Waals surface area contributed by atoms with Crippen LogP contribution in [0.15, 0.2) is 22.8 Å². The van der Waals surface area contributed by atoms with Crippen LogP contribution in [0.2, 0.25) is 0 Å². The molecule has 0 spiro atoms. The quantitative estimate of drug-likeness (QED) is 0.768. The van der Waals surface area contributed by atoms with Crippen LogP contribution in [0.1, 0.15) is 11.7 Å². The number of hydrogen-bond acceptors (Lipinski definition) is 3. The second-order valence-corrected chi connectivity index (χ2v) is 3.16. The first-order chi connectivity index (χ1) is 5.24. The molecular formula is C7H10BrN3. The average Bonchev–Trinajstić information content (AvgIpc) is 2.05. The lowest BCUT2D eigenvalue weighted by molar-refractivity contribution is 0.710. The van der Waals surface area contributed by atoms with Crippen LogP contribution in [0, 0.1) is 0 Å². The fourth-order valence-electron chi connectivity index (χ4n) is 0.727. The largest absolute Gasteiger partial charge is 0.329 e. The van der Waals surface area contributed by atoms with E-state index in [1.165, 1.54) is 0 Å². The molecule has 0 fully saturated rings. The van der Waals surface area contributed by atoms with Gasteiger partial charge in [0.25, 0.3) is 0 Å². The predicted octanol–water partition coefficient (Wildman–Crippen LogP) is 0.803. The van der Waals surface area contributed by atoms with E-state index in [1.54, 1.807) is 6.20 Å². The van der Waals surface area contributed by atoms with Gasteiger partial charge in [0, 0.05) is 17.2 Å². The standard InChI is InChI=1S/C7H10BrN3/c8-5-1-2-7(11-4-5)6(10)3-9/h1-2,4,6H,3,9-10H2. The summed E-state index contributed by atoms with van der Waals surface area (Å²) in [5.74, 6) is 0. The molecule has 1 unspecified atom stereocenters. The topological polar surface area (TPSA) is 64.9 Å². The molecule has 1 heterocycles. The highest BCUT2D eigenvalue weighted by Gasteiger charge is 2.02. The molecule has 0 saturated carbocycles. The lowest BCUT2D eigenvalue weighted by atomic mass is 10.2. The van der Waals surface area contributed by atoms with Gasteiger partial charge in [0.05, 0.1) is 11.7 Å². The minimum Gasteiger partial charge on any atom is -0.329 e. The third-order valence-electron chi connectivity index (χ3n) is 1.38. The van der Waals surface area contributed by atoms with Crippen molar-refractivity contribution in [2.24, 2.45) is 11.5 Å². The van der Waals surface area contributed by atoms with Crippen molar-refractivity contribution < 1.29 is 0 Å². The van der Waals surface area contributed by atoms with Gasteiger partial charge in [-0.1, -0.05) is 0 Å². The minimum absolute atomic E-state index is 0.150. The first-order valence-corrected chi connectivity index (χ1v) is 4.10. The summed E-state index contributed by atoms with van der Waals surface area (Å²) < 4.78 is 0.950. The van der Waals surface area contributed by atoms with Crippen LogP contribution in [-0.2, 0) is 0 Å². The molecule has 1 aromatic heterocycles. The highest BCUT2D eigenvalue weighted by Crippen LogP contribution is 2.10. The van der Waals surface area contributed by atoms with Gasteiger partial charge in [0.15, 0.2) is 0 Å². The number of hydrogen-bond donors (Lipinski definition) is 2. The van der Waals surface area contributed by atoms with Gasteiger partial charge in [0.2, 0.25) is 0 Å². The molecule has 1 rings (SSSR count). The lowest BCUT2D eigenvalue weighted by Crippen LogP contribution is -2.21. The maximum Gasteiger partial charge on any atom is 0.0594 e. The van der Waals surface area contributed by atoms with Gasteiger partial charge in [-0.05, 0) is 28.1 Å². The molecule has 0 saturated heterocycles. The summed E-state index contributed by atoms with van der Waals surface area (Å²) in [5.41, 5.74) is 11.8. The van der Waals surface area contributed by atoms with E-state index in [0.29, 0.717) is 6.54 Å². The first kappa shape index (κ1) is 8.64. The Morgan fingerprint density at radius 1 is 1.55 bits per heavy atom. The summed E-state index contributed by atoms with van der Waals surface area (Å²) in [4.78, 5) is 4.10. The fraction of sp³-hybridized carbons (Fsp3) is 0.286. The van der Waals surface area contributed by atoms with Gasteiger partial charge < -0.3 is 11.5 Å². The Morgan fingerprint density at radius 2 is 2.27 bits per heavy atom. The Morgan fingerprint density at radius 3 is 2.73 bits per heavy atom. The van der Waals surface area contributed by atoms with E-state index in [9.17, 15) is 0 Å². The maximum absolute atomic E-state index is 5.64. The normalized spacial score (nSPS) is 13.0. The Balaban J connectivity index is 2.81. The van der Waals surface area contributed by atoms with Gasteiger partial charge >= 0.3 is 0 Å². The zero-order valence-electron chi connectivity index (χ0n) is 6.00. The van der Waals surface area contributed by atoms with Crippen LogP contribution in [0.4, 0.5) is 0 Å². The molecule has 0 aliphatic rings. The van der Waals surface area contributed by atoms with E-state index in [-0.39, 0.29) is 6.04 Å². The van der Waals surface area contributed by atoms with Crippen LogP contribution in [0.3, 0.4) is 0 Å². The van der Waals surface area contributed by atoms with E-state index in [4.69, 9.17) is 11.5 Å². The number of halogens is 1. The van der Waals surface area contributed by atoms with Crippen molar-refractivity contribution in [1.82, 2.24) is 4.98 Å². The summed E-state index contributed by atoms with van der Waals surface area (Å²) >= 11 is 3.28. The van der Waals surface area contributed by atoms with Crippen molar-refractivity contribution in [2.75, 3.05) is 6.54 Å². The Kier molecular flexibility index (Phi) is 2.99. The molecule has 11 heavy (non-hydrogen) atoms. The van der Waals surface area contributed by atoms with E-state index >= 15 is 0 Å². The second kappa shape index (κ2) is 3.80. The third-order valence-corrected chi connectivity index (χ3v) is 1.85.